The van der Waals surface area contributed by atoms with Crippen LogP contribution in [0.4, 0.5) is 0 Å². The maximum absolute atomic E-state index is 14.4. The zero-order valence-corrected chi connectivity index (χ0v) is 25.7. The van der Waals surface area contributed by atoms with Crippen molar-refractivity contribution in [2.75, 3.05) is 18.5 Å². The molecule has 1 aliphatic heterocycles. The average molecular weight is 605 g/mol. The third-order valence-corrected chi connectivity index (χ3v) is 10.1. The number of rotatable bonds is 16. The van der Waals surface area contributed by atoms with E-state index in [0.29, 0.717) is 12.8 Å². The number of carbonyl (C=O) groups is 3. The Morgan fingerprint density at radius 3 is 2.37 bits per heavy atom. The van der Waals surface area contributed by atoms with Crippen molar-refractivity contribution in [3.05, 3.63) is 71.8 Å². The normalized spacial score (nSPS) is 19.5. The molecule has 2 aromatic carbocycles. The summed E-state index contributed by atoms with van der Waals surface area (Å²) in [6, 6.07) is 18.3. The SMILES string of the molecule is CCCC(=O)OC(OP(=O)(CCCCc1ccccc1)NC1CS[C@H](c2ccccc2)N(CC(=O)O)C1=O)C(C)C. The van der Waals surface area contributed by atoms with Gasteiger partial charge in [0.25, 0.3) is 7.52 Å². The van der Waals surface area contributed by atoms with Gasteiger partial charge in [-0.15, -0.1) is 11.8 Å². The molecule has 11 heteroatoms. The molecule has 3 unspecified atom stereocenters. The number of carboxylic acids is 1. The monoisotopic (exact) mass is 604 g/mol. The lowest BCUT2D eigenvalue weighted by atomic mass is 10.1. The largest absolute Gasteiger partial charge is 0.480 e. The van der Waals surface area contributed by atoms with Crippen LogP contribution < -0.4 is 5.09 Å². The summed E-state index contributed by atoms with van der Waals surface area (Å²) in [6.07, 6.45) is 1.98. The molecule has 0 bridgehead atoms. The lowest BCUT2D eigenvalue weighted by molar-refractivity contribution is -0.169. The summed E-state index contributed by atoms with van der Waals surface area (Å²) in [5.41, 5.74) is 1.98. The van der Waals surface area contributed by atoms with Crippen molar-refractivity contribution in [2.45, 2.75) is 70.6 Å². The lowest BCUT2D eigenvalue weighted by Gasteiger charge is -2.39. The third-order valence-electron chi connectivity index (χ3n) is 6.56. The van der Waals surface area contributed by atoms with Crippen LogP contribution in [-0.4, -0.2) is 58.6 Å². The molecule has 1 amide bonds. The number of amides is 1. The zero-order chi connectivity index (χ0) is 29.8. The van der Waals surface area contributed by atoms with Gasteiger partial charge in [0.15, 0.2) is 0 Å². The number of ether oxygens (including phenoxy) is 1. The Labute approximate surface area is 246 Å². The number of aliphatic carboxylic acids is 1. The van der Waals surface area contributed by atoms with Gasteiger partial charge in [-0.05, 0) is 36.8 Å². The molecule has 2 aromatic rings. The Kier molecular flexibility index (Phi) is 12.9. The first-order valence-electron chi connectivity index (χ1n) is 14.1. The minimum absolute atomic E-state index is 0.129. The first-order valence-corrected chi connectivity index (χ1v) is 16.9. The van der Waals surface area contributed by atoms with Crippen LogP contribution in [0.15, 0.2) is 60.7 Å². The van der Waals surface area contributed by atoms with Gasteiger partial charge in [-0.3, -0.25) is 23.5 Å². The van der Waals surface area contributed by atoms with Crippen LogP contribution in [0.1, 0.15) is 63.0 Å². The number of hydrogen-bond acceptors (Lipinski definition) is 7. The Morgan fingerprint density at radius 1 is 1.10 bits per heavy atom. The summed E-state index contributed by atoms with van der Waals surface area (Å²) in [4.78, 5) is 38.9. The number of nitrogens with zero attached hydrogens (tertiary/aromatic N) is 1. The molecule has 3 rings (SSSR count). The first kappa shape index (κ1) is 32.9. The molecular formula is C30H41N2O7PS. The number of aryl methyl sites for hydroxylation is 1. The van der Waals surface area contributed by atoms with Crippen molar-refractivity contribution in [1.82, 2.24) is 9.99 Å². The maximum Gasteiger partial charge on any atom is 0.323 e. The molecule has 1 saturated heterocycles. The number of nitrogens with one attached hydrogen (secondary N) is 1. The Bertz CT molecular complexity index is 1180. The number of carbonyl (C=O) groups excluding carboxylic acids is 2. The molecule has 0 aromatic heterocycles. The highest BCUT2D eigenvalue weighted by molar-refractivity contribution is 7.99. The van der Waals surface area contributed by atoms with Gasteiger partial charge in [0.05, 0.1) is 0 Å². The molecule has 9 nitrogen and oxygen atoms in total. The lowest BCUT2D eigenvalue weighted by Crippen LogP contribution is -2.53. The number of hydrogen-bond donors (Lipinski definition) is 2. The van der Waals surface area contributed by atoms with E-state index in [4.69, 9.17) is 9.26 Å². The quantitative estimate of drug-likeness (QED) is 0.105. The molecule has 1 aliphatic rings. The van der Waals surface area contributed by atoms with Crippen LogP contribution in [-0.2, 0) is 34.6 Å². The van der Waals surface area contributed by atoms with Crippen LogP contribution in [0.2, 0.25) is 0 Å². The van der Waals surface area contributed by atoms with Crippen LogP contribution in [0.5, 0.6) is 0 Å². The highest BCUT2D eigenvalue weighted by Crippen LogP contribution is 2.48. The number of benzene rings is 2. The van der Waals surface area contributed by atoms with Crippen molar-refractivity contribution in [1.29, 1.82) is 0 Å². The highest BCUT2D eigenvalue weighted by Gasteiger charge is 2.42. The fraction of sp³-hybridized carbons (Fsp3) is 0.500. The summed E-state index contributed by atoms with van der Waals surface area (Å²) in [7, 11) is -3.72. The van der Waals surface area contributed by atoms with Crippen LogP contribution in [0.3, 0.4) is 0 Å². The molecule has 1 heterocycles. The highest BCUT2D eigenvalue weighted by atomic mass is 32.2. The van der Waals surface area contributed by atoms with Crippen molar-refractivity contribution >= 4 is 37.1 Å². The van der Waals surface area contributed by atoms with Crippen molar-refractivity contribution in [3.8, 4) is 0 Å². The van der Waals surface area contributed by atoms with Crippen molar-refractivity contribution in [2.24, 2.45) is 5.92 Å². The molecule has 0 spiro atoms. The zero-order valence-electron chi connectivity index (χ0n) is 23.9. The average Bonchev–Trinajstić information content (AvgIpc) is 2.94. The number of thioether (sulfide) groups is 1. The molecule has 0 radical (unpaired) electrons. The van der Waals surface area contributed by atoms with Crippen LogP contribution >= 0.6 is 19.3 Å². The van der Waals surface area contributed by atoms with E-state index in [9.17, 15) is 24.1 Å². The van der Waals surface area contributed by atoms with E-state index in [1.807, 2.05) is 81.4 Å². The second kappa shape index (κ2) is 16.1. The molecule has 1 fully saturated rings. The second-order valence-electron chi connectivity index (χ2n) is 10.4. The number of unbranched alkanes of at least 4 members (excludes halogenated alkanes) is 1. The standard InChI is InChI=1S/C30H41N2O7PS/c1-4-13-27(35)38-30(22(2)3)39-40(37,19-12-11-16-23-14-7-5-8-15-23)31-25-21-41-29(24-17-9-6-10-18-24)32(28(25)36)20-26(33)34/h5-10,14-15,17-18,22,25,29-30H,4,11-13,16,19-21H2,1-3H3,(H,31,37)(H,33,34)/t25?,29-,30?,40?/m1/s1. The van der Waals surface area contributed by atoms with E-state index >= 15 is 0 Å². The van der Waals surface area contributed by atoms with E-state index in [2.05, 4.69) is 5.09 Å². The minimum atomic E-state index is -3.72. The van der Waals surface area contributed by atoms with Crippen molar-refractivity contribution < 1.29 is 33.3 Å². The van der Waals surface area contributed by atoms with E-state index in [0.717, 1.165) is 18.4 Å². The van der Waals surface area contributed by atoms with E-state index in [1.54, 1.807) is 0 Å². The van der Waals surface area contributed by atoms with Gasteiger partial charge in [0.2, 0.25) is 12.2 Å². The summed E-state index contributed by atoms with van der Waals surface area (Å²) >= 11 is 1.40. The van der Waals surface area contributed by atoms with Gasteiger partial charge in [-0.2, -0.15) is 0 Å². The number of esters is 1. The molecule has 224 valence electrons. The van der Waals surface area contributed by atoms with E-state index in [-0.39, 0.29) is 24.3 Å². The Balaban J connectivity index is 1.79. The predicted molar refractivity (Wildman–Crippen MR) is 160 cm³/mol. The minimum Gasteiger partial charge on any atom is -0.480 e. The molecule has 2 N–H and O–H groups in total. The fourth-order valence-electron chi connectivity index (χ4n) is 4.48. The summed E-state index contributed by atoms with van der Waals surface area (Å²) in [6.45, 7) is 4.99. The molecular weight excluding hydrogens is 563 g/mol. The molecule has 4 atom stereocenters. The molecule has 0 aliphatic carbocycles. The fourth-order valence-corrected chi connectivity index (χ4v) is 8.14. The summed E-state index contributed by atoms with van der Waals surface area (Å²) in [5, 5.41) is 12.1. The van der Waals surface area contributed by atoms with E-state index in [1.165, 1.54) is 22.2 Å². The predicted octanol–water partition coefficient (Wildman–Crippen LogP) is 5.86. The molecule has 41 heavy (non-hydrogen) atoms. The topological polar surface area (TPSA) is 122 Å². The van der Waals surface area contributed by atoms with Crippen molar-refractivity contribution in [3.63, 3.8) is 0 Å². The Hall–Kier alpha value is -2.65. The van der Waals surface area contributed by atoms with Gasteiger partial charge in [-0.25, -0.2) is 5.09 Å². The van der Waals surface area contributed by atoms with Gasteiger partial charge in [0, 0.05) is 24.3 Å². The van der Waals surface area contributed by atoms with Gasteiger partial charge < -0.3 is 14.7 Å². The van der Waals surface area contributed by atoms with Crippen LogP contribution in [0.25, 0.3) is 0 Å². The van der Waals surface area contributed by atoms with E-state index < -0.39 is 49.6 Å². The second-order valence-corrected chi connectivity index (χ2v) is 13.8. The Morgan fingerprint density at radius 2 is 1.76 bits per heavy atom. The van der Waals surface area contributed by atoms with Gasteiger partial charge >= 0.3 is 11.9 Å². The van der Waals surface area contributed by atoms with Gasteiger partial charge in [0.1, 0.15) is 18.0 Å². The summed E-state index contributed by atoms with van der Waals surface area (Å²) < 4.78 is 25.9. The van der Waals surface area contributed by atoms with Gasteiger partial charge in [-0.1, -0.05) is 81.4 Å². The smallest absolute Gasteiger partial charge is 0.323 e. The van der Waals surface area contributed by atoms with Crippen LogP contribution in [0, 0.1) is 5.92 Å². The summed E-state index contributed by atoms with van der Waals surface area (Å²) in [5.74, 6) is -2.05. The molecule has 0 saturated carbocycles. The third kappa shape index (κ3) is 10.3. The first-order chi connectivity index (χ1) is 19.6. The maximum atomic E-state index is 14.4. The number of carboxylic acid groups (broad SMARTS) is 1.